The summed E-state index contributed by atoms with van der Waals surface area (Å²) in [6, 6.07) is 1.49. The normalized spacial score (nSPS) is 13.7. The lowest BCUT2D eigenvalue weighted by molar-refractivity contribution is -0.132. The van der Waals surface area contributed by atoms with Crippen LogP contribution in [0.5, 0.6) is 0 Å². The van der Waals surface area contributed by atoms with Crippen LogP contribution in [0, 0.1) is 11.6 Å². The molecule has 0 atom stereocenters. The number of carboxylic acid groups (broad SMARTS) is 1. The second kappa shape index (κ2) is 4.27. The van der Waals surface area contributed by atoms with Crippen LogP contribution in [0.25, 0.3) is 0 Å². The molecule has 2 rings (SSSR count). The molecule has 5 nitrogen and oxygen atoms in total. The number of Topliss-reactive ketones (excluding diaryl/α,β-unsaturated/α-hetero) is 1. The van der Waals surface area contributed by atoms with Crippen molar-refractivity contribution in [3.8, 4) is 0 Å². The second-order valence-corrected chi connectivity index (χ2v) is 3.88. The van der Waals surface area contributed by atoms with Gasteiger partial charge in [-0.15, -0.1) is 0 Å². The molecule has 7 heteroatoms. The summed E-state index contributed by atoms with van der Waals surface area (Å²) in [5, 5.41) is 8.68. The van der Waals surface area contributed by atoms with E-state index in [1.807, 2.05) is 0 Å². The highest BCUT2D eigenvalue weighted by Gasteiger charge is 2.41. The van der Waals surface area contributed by atoms with Gasteiger partial charge in [-0.05, 0) is 12.1 Å². The van der Waals surface area contributed by atoms with Crippen molar-refractivity contribution in [3.05, 3.63) is 41.5 Å². The molecular weight excluding hydrogens is 260 g/mol. The summed E-state index contributed by atoms with van der Waals surface area (Å²) in [7, 11) is 0. The number of fused-ring (bicyclic) bond motifs is 1. The molecule has 0 saturated carbocycles. The van der Waals surface area contributed by atoms with E-state index >= 15 is 0 Å². The van der Waals surface area contributed by atoms with Crippen LogP contribution in [0.2, 0.25) is 0 Å². The predicted octanol–water partition coefficient (Wildman–Crippen LogP) is 1.13. The van der Waals surface area contributed by atoms with Crippen molar-refractivity contribution in [2.24, 2.45) is 0 Å². The number of benzene rings is 1. The van der Waals surface area contributed by atoms with Crippen LogP contribution < -0.4 is 4.90 Å². The lowest BCUT2D eigenvalue weighted by Gasteiger charge is -2.16. The third-order valence-electron chi connectivity index (χ3n) is 2.67. The van der Waals surface area contributed by atoms with Crippen molar-refractivity contribution in [1.29, 1.82) is 0 Å². The molecule has 0 saturated heterocycles. The summed E-state index contributed by atoms with van der Waals surface area (Å²) in [5.41, 5.74) is -1.64. The van der Waals surface area contributed by atoms with Gasteiger partial charge in [-0.1, -0.05) is 6.58 Å². The number of rotatable bonds is 3. The van der Waals surface area contributed by atoms with Gasteiger partial charge in [0.05, 0.1) is 17.8 Å². The van der Waals surface area contributed by atoms with E-state index in [0.717, 1.165) is 12.1 Å². The maximum Gasteiger partial charge on any atom is 0.332 e. The Balaban J connectivity index is 2.53. The first-order valence-corrected chi connectivity index (χ1v) is 5.10. The third-order valence-corrected chi connectivity index (χ3v) is 2.67. The molecule has 98 valence electrons. The zero-order chi connectivity index (χ0) is 14.3. The summed E-state index contributed by atoms with van der Waals surface area (Å²) < 4.78 is 27.1. The summed E-state index contributed by atoms with van der Waals surface area (Å²) in [4.78, 5) is 34.4. The van der Waals surface area contributed by atoms with Gasteiger partial charge in [0.2, 0.25) is 0 Å². The van der Waals surface area contributed by atoms with E-state index in [2.05, 4.69) is 6.58 Å². The van der Waals surface area contributed by atoms with Gasteiger partial charge in [-0.25, -0.2) is 13.6 Å². The first kappa shape index (κ1) is 12.9. The van der Waals surface area contributed by atoms with Crippen LogP contribution in [0.1, 0.15) is 10.4 Å². The van der Waals surface area contributed by atoms with E-state index in [-0.39, 0.29) is 0 Å². The maximum atomic E-state index is 13.6. The van der Waals surface area contributed by atoms with E-state index in [1.54, 1.807) is 0 Å². The summed E-state index contributed by atoms with van der Waals surface area (Å²) >= 11 is 0. The summed E-state index contributed by atoms with van der Waals surface area (Å²) in [6.07, 6.45) is 0. The van der Waals surface area contributed by atoms with Crippen molar-refractivity contribution in [3.63, 3.8) is 0 Å². The molecule has 0 aliphatic carbocycles. The summed E-state index contributed by atoms with van der Waals surface area (Å²) in [6.45, 7) is 2.59. The number of hydrogen-bond donors (Lipinski definition) is 1. The lowest BCUT2D eigenvalue weighted by Crippen LogP contribution is -2.33. The predicted molar refractivity (Wildman–Crippen MR) is 59.8 cm³/mol. The SMILES string of the molecule is C=C(CN1C(=O)C(=O)c2c(F)ccc(F)c21)C(=O)O. The van der Waals surface area contributed by atoms with Gasteiger partial charge >= 0.3 is 5.97 Å². The molecule has 1 aliphatic heterocycles. The Bertz CT molecular complexity index is 639. The van der Waals surface area contributed by atoms with Crippen molar-refractivity contribution in [2.45, 2.75) is 0 Å². The molecule has 1 amide bonds. The van der Waals surface area contributed by atoms with Crippen LogP contribution in [0.4, 0.5) is 14.5 Å². The fraction of sp³-hybridized carbons (Fsp3) is 0.0833. The number of carbonyl (C=O) groups is 3. The Morgan fingerprint density at radius 1 is 1.26 bits per heavy atom. The Morgan fingerprint density at radius 2 is 1.84 bits per heavy atom. The highest BCUT2D eigenvalue weighted by molar-refractivity contribution is 6.52. The highest BCUT2D eigenvalue weighted by Crippen LogP contribution is 2.33. The molecule has 19 heavy (non-hydrogen) atoms. The largest absolute Gasteiger partial charge is 0.478 e. The molecule has 0 fully saturated rings. The smallest absolute Gasteiger partial charge is 0.332 e. The Hall–Kier alpha value is -2.57. The Kier molecular flexibility index (Phi) is 2.89. The van der Waals surface area contributed by atoms with Crippen molar-refractivity contribution >= 4 is 23.3 Å². The van der Waals surface area contributed by atoms with E-state index in [0.29, 0.717) is 4.90 Å². The fourth-order valence-electron chi connectivity index (χ4n) is 1.76. The van der Waals surface area contributed by atoms with Gasteiger partial charge in [0.1, 0.15) is 11.6 Å². The van der Waals surface area contributed by atoms with Gasteiger partial charge in [0.25, 0.3) is 11.7 Å². The number of amides is 1. The van der Waals surface area contributed by atoms with Crippen LogP contribution >= 0.6 is 0 Å². The van der Waals surface area contributed by atoms with Crippen LogP contribution in [0.3, 0.4) is 0 Å². The van der Waals surface area contributed by atoms with Gasteiger partial charge in [-0.2, -0.15) is 0 Å². The van der Waals surface area contributed by atoms with E-state index in [1.165, 1.54) is 0 Å². The summed E-state index contributed by atoms with van der Waals surface area (Å²) in [5.74, 6) is -5.79. The number of carbonyl (C=O) groups excluding carboxylic acids is 2. The number of aliphatic carboxylic acids is 1. The van der Waals surface area contributed by atoms with Crippen LogP contribution in [0.15, 0.2) is 24.3 Å². The molecule has 0 aromatic heterocycles. The molecule has 1 aromatic carbocycles. The molecule has 0 bridgehead atoms. The Morgan fingerprint density at radius 3 is 2.42 bits per heavy atom. The average Bonchev–Trinajstić information content (AvgIpc) is 2.60. The average molecular weight is 267 g/mol. The van der Waals surface area contributed by atoms with Crippen LogP contribution in [-0.2, 0) is 9.59 Å². The quantitative estimate of drug-likeness (QED) is 0.658. The molecule has 0 radical (unpaired) electrons. The molecule has 0 spiro atoms. The van der Waals surface area contributed by atoms with Gasteiger partial charge in [0.15, 0.2) is 0 Å². The zero-order valence-electron chi connectivity index (χ0n) is 9.44. The third kappa shape index (κ3) is 1.88. The van der Waals surface area contributed by atoms with Crippen LogP contribution in [-0.4, -0.2) is 29.3 Å². The standard InChI is InChI=1S/C12H7F2NO4/c1-5(12(18)19)4-15-9-7(14)3-2-6(13)8(9)10(16)11(15)17/h2-3H,1,4H2,(H,18,19). The lowest BCUT2D eigenvalue weighted by atomic mass is 10.1. The number of carboxylic acids is 1. The second-order valence-electron chi connectivity index (χ2n) is 3.88. The number of nitrogens with zero attached hydrogens (tertiary/aromatic N) is 1. The van der Waals surface area contributed by atoms with Gasteiger partial charge in [0, 0.05) is 5.57 Å². The fourth-order valence-corrected chi connectivity index (χ4v) is 1.76. The topological polar surface area (TPSA) is 74.7 Å². The first-order valence-electron chi connectivity index (χ1n) is 5.10. The van der Waals surface area contributed by atoms with E-state index in [4.69, 9.17) is 5.11 Å². The minimum absolute atomic E-state index is 0.419. The molecule has 1 heterocycles. The molecule has 1 aromatic rings. The molecule has 1 aliphatic rings. The minimum atomic E-state index is -1.40. The van der Waals surface area contributed by atoms with Gasteiger partial charge < -0.3 is 5.11 Å². The Labute approximate surface area is 105 Å². The zero-order valence-corrected chi connectivity index (χ0v) is 9.44. The van der Waals surface area contributed by atoms with Crippen molar-refractivity contribution < 1.29 is 28.3 Å². The molecule has 0 unspecified atom stereocenters. The monoisotopic (exact) mass is 267 g/mol. The van der Waals surface area contributed by atoms with Crippen molar-refractivity contribution in [1.82, 2.24) is 0 Å². The first-order chi connectivity index (χ1) is 8.84. The minimum Gasteiger partial charge on any atom is -0.478 e. The number of anilines is 1. The van der Waals surface area contributed by atoms with Gasteiger partial charge in [-0.3, -0.25) is 14.5 Å². The number of halogens is 2. The number of hydrogen-bond acceptors (Lipinski definition) is 3. The molecular formula is C12H7F2NO4. The maximum absolute atomic E-state index is 13.6. The van der Waals surface area contributed by atoms with Crippen molar-refractivity contribution in [2.75, 3.05) is 11.4 Å². The number of ketones is 1. The van der Waals surface area contributed by atoms with E-state index in [9.17, 15) is 23.2 Å². The molecule has 1 N–H and O–H groups in total. The highest BCUT2D eigenvalue weighted by atomic mass is 19.1. The van der Waals surface area contributed by atoms with E-state index < -0.39 is 52.7 Å².